The summed E-state index contributed by atoms with van der Waals surface area (Å²) in [6.07, 6.45) is 5.36. The smallest absolute Gasteiger partial charge is 0.317 e. The molecule has 7 nitrogen and oxygen atoms in total. The lowest BCUT2D eigenvalue weighted by atomic mass is 9.91. The minimum Gasteiger partial charge on any atom is -0.385 e. The molecule has 2 amide bonds. The molecule has 0 unspecified atom stereocenters. The molecule has 0 aromatic carbocycles. The third-order valence-corrected chi connectivity index (χ3v) is 5.86. The first-order chi connectivity index (χ1) is 12.1. The van der Waals surface area contributed by atoms with Crippen molar-refractivity contribution in [3.05, 3.63) is 34.3 Å². The van der Waals surface area contributed by atoms with Crippen LogP contribution in [0.4, 0.5) is 4.79 Å². The Labute approximate surface area is 151 Å². The average Bonchev–Trinajstić information content (AvgIpc) is 3.23. The summed E-state index contributed by atoms with van der Waals surface area (Å²) in [6.45, 7) is 3.94. The zero-order valence-corrected chi connectivity index (χ0v) is 15.5. The molecule has 0 radical (unpaired) electrons. The molecule has 1 atom stereocenters. The van der Waals surface area contributed by atoms with Gasteiger partial charge < -0.3 is 19.9 Å². The maximum atomic E-state index is 12.3. The zero-order chi connectivity index (χ0) is 17.8. The SMILES string of the molecule is Cc1ncsc1CCNC(=O)N1CCC([C@@H](O)c2nccn2C)CC1. The molecule has 1 aliphatic heterocycles. The van der Waals surface area contributed by atoms with Crippen LogP contribution < -0.4 is 5.32 Å². The molecule has 2 N–H and O–H groups in total. The summed E-state index contributed by atoms with van der Waals surface area (Å²) in [4.78, 5) is 23.8. The number of imidazole rings is 1. The summed E-state index contributed by atoms with van der Waals surface area (Å²) in [5.74, 6) is 0.841. The van der Waals surface area contributed by atoms with E-state index in [0.717, 1.165) is 25.0 Å². The molecule has 2 aromatic rings. The number of aliphatic hydroxyl groups is 1. The van der Waals surface area contributed by atoms with Gasteiger partial charge in [-0.25, -0.2) is 14.8 Å². The fourth-order valence-electron chi connectivity index (χ4n) is 3.25. The van der Waals surface area contributed by atoms with Gasteiger partial charge in [0.2, 0.25) is 0 Å². The van der Waals surface area contributed by atoms with Crippen molar-refractivity contribution in [3.63, 3.8) is 0 Å². The summed E-state index contributed by atoms with van der Waals surface area (Å²) < 4.78 is 1.85. The molecule has 0 saturated carbocycles. The van der Waals surface area contributed by atoms with Gasteiger partial charge >= 0.3 is 6.03 Å². The summed E-state index contributed by atoms with van der Waals surface area (Å²) in [7, 11) is 1.89. The van der Waals surface area contributed by atoms with Crippen molar-refractivity contribution in [1.29, 1.82) is 0 Å². The highest BCUT2D eigenvalue weighted by Gasteiger charge is 2.29. The van der Waals surface area contributed by atoms with Gasteiger partial charge in [0.25, 0.3) is 0 Å². The second-order valence-corrected chi connectivity index (χ2v) is 7.45. The number of rotatable bonds is 5. The number of nitrogens with zero attached hydrogens (tertiary/aromatic N) is 4. The molecule has 136 valence electrons. The highest BCUT2D eigenvalue weighted by molar-refractivity contribution is 7.09. The number of aryl methyl sites for hydroxylation is 2. The van der Waals surface area contributed by atoms with Crippen molar-refractivity contribution in [2.24, 2.45) is 13.0 Å². The second kappa shape index (κ2) is 7.97. The molecule has 0 spiro atoms. The first-order valence-corrected chi connectivity index (χ1v) is 9.51. The third-order valence-electron chi connectivity index (χ3n) is 4.87. The van der Waals surface area contributed by atoms with E-state index in [1.807, 2.05) is 35.1 Å². The van der Waals surface area contributed by atoms with E-state index < -0.39 is 6.10 Å². The van der Waals surface area contributed by atoms with Crippen molar-refractivity contribution in [2.45, 2.75) is 32.3 Å². The van der Waals surface area contributed by atoms with Gasteiger partial charge in [-0.1, -0.05) is 0 Å². The number of nitrogens with one attached hydrogen (secondary N) is 1. The summed E-state index contributed by atoms with van der Waals surface area (Å²) >= 11 is 1.63. The number of hydrogen-bond donors (Lipinski definition) is 2. The Morgan fingerprint density at radius 3 is 2.80 bits per heavy atom. The summed E-state index contributed by atoms with van der Waals surface area (Å²) in [6, 6.07) is -0.0212. The van der Waals surface area contributed by atoms with Gasteiger partial charge in [-0.2, -0.15) is 0 Å². The lowest BCUT2D eigenvalue weighted by Crippen LogP contribution is -2.45. The van der Waals surface area contributed by atoms with Crippen LogP contribution in [0.3, 0.4) is 0 Å². The Kier molecular flexibility index (Phi) is 5.70. The number of likely N-dealkylation sites (tertiary alicyclic amines) is 1. The maximum Gasteiger partial charge on any atom is 0.317 e. The van der Waals surface area contributed by atoms with Crippen LogP contribution in [0.5, 0.6) is 0 Å². The molecule has 8 heteroatoms. The van der Waals surface area contributed by atoms with Crippen LogP contribution in [0, 0.1) is 12.8 Å². The van der Waals surface area contributed by atoms with E-state index >= 15 is 0 Å². The van der Waals surface area contributed by atoms with Crippen LogP contribution in [-0.4, -0.2) is 50.2 Å². The molecule has 1 aliphatic rings. The lowest BCUT2D eigenvalue weighted by molar-refractivity contribution is 0.0584. The Hall–Kier alpha value is -1.93. The van der Waals surface area contributed by atoms with Gasteiger partial charge in [0.1, 0.15) is 11.9 Å². The van der Waals surface area contributed by atoms with E-state index in [0.29, 0.717) is 25.5 Å². The molecular formula is C17H25N5O2S. The van der Waals surface area contributed by atoms with Crippen molar-refractivity contribution in [2.75, 3.05) is 19.6 Å². The topological polar surface area (TPSA) is 83.3 Å². The van der Waals surface area contributed by atoms with Gasteiger partial charge in [0, 0.05) is 50.4 Å². The van der Waals surface area contributed by atoms with Crippen LogP contribution in [0.15, 0.2) is 17.9 Å². The largest absolute Gasteiger partial charge is 0.385 e. The number of piperidine rings is 1. The third kappa shape index (κ3) is 4.19. The summed E-state index contributed by atoms with van der Waals surface area (Å²) in [5, 5.41) is 13.5. The Bertz CT molecular complexity index is 705. The number of thiazole rings is 1. The number of aliphatic hydroxyl groups excluding tert-OH is 1. The number of carbonyl (C=O) groups is 1. The normalized spacial score (nSPS) is 16.8. The molecule has 0 bridgehead atoms. The average molecular weight is 363 g/mol. The van der Waals surface area contributed by atoms with E-state index in [-0.39, 0.29) is 11.9 Å². The van der Waals surface area contributed by atoms with E-state index in [2.05, 4.69) is 15.3 Å². The van der Waals surface area contributed by atoms with E-state index in [4.69, 9.17) is 0 Å². The van der Waals surface area contributed by atoms with Crippen LogP contribution in [0.2, 0.25) is 0 Å². The van der Waals surface area contributed by atoms with Crippen molar-refractivity contribution in [3.8, 4) is 0 Å². The van der Waals surface area contributed by atoms with Crippen LogP contribution >= 0.6 is 11.3 Å². The maximum absolute atomic E-state index is 12.3. The minimum absolute atomic E-state index is 0.0212. The molecule has 25 heavy (non-hydrogen) atoms. The summed E-state index contributed by atoms with van der Waals surface area (Å²) in [5.41, 5.74) is 2.88. The molecule has 1 saturated heterocycles. The van der Waals surface area contributed by atoms with Crippen LogP contribution in [0.25, 0.3) is 0 Å². The Morgan fingerprint density at radius 2 is 2.20 bits per heavy atom. The second-order valence-electron chi connectivity index (χ2n) is 6.51. The van der Waals surface area contributed by atoms with E-state index in [1.54, 1.807) is 17.5 Å². The van der Waals surface area contributed by atoms with Crippen molar-refractivity contribution in [1.82, 2.24) is 24.8 Å². The number of urea groups is 1. The predicted molar refractivity (Wildman–Crippen MR) is 96.4 cm³/mol. The van der Waals surface area contributed by atoms with Gasteiger partial charge in [0.05, 0.1) is 11.2 Å². The van der Waals surface area contributed by atoms with Gasteiger partial charge in [0.15, 0.2) is 0 Å². The minimum atomic E-state index is -0.570. The number of amides is 2. The number of carbonyl (C=O) groups excluding carboxylic acids is 1. The lowest BCUT2D eigenvalue weighted by Gasteiger charge is -2.34. The number of aromatic nitrogens is 3. The number of hydrogen-bond acceptors (Lipinski definition) is 5. The van der Waals surface area contributed by atoms with Crippen LogP contribution in [-0.2, 0) is 13.5 Å². The van der Waals surface area contributed by atoms with Gasteiger partial charge in [-0.3, -0.25) is 0 Å². The molecule has 3 heterocycles. The van der Waals surface area contributed by atoms with Gasteiger partial charge in [-0.15, -0.1) is 11.3 Å². The Morgan fingerprint density at radius 1 is 1.44 bits per heavy atom. The first-order valence-electron chi connectivity index (χ1n) is 8.63. The molecular weight excluding hydrogens is 338 g/mol. The fourth-order valence-corrected chi connectivity index (χ4v) is 4.03. The Balaban J connectivity index is 1.43. The highest BCUT2D eigenvalue weighted by atomic mass is 32.1. The standard InChI is InChI=1S/C17H25N5O2S/c1-12-14(25-11-20-12)3-6-19-17(24)22-8-4-13(5-9-22)15(23)16-18-7-10-21(16)2/h7,10-11,13,15,23H,3-6,8-9H2,1-2H3,(H,19,24)/t15-/m1/s1. The van der Waals surface area contributed by atoms with Crippen LogP contribution in [0.1, 0.15) is 35.3 Å². The predicted octanol–water partition coefficient (Wildman–Crippen LogP) is 1.88. The van der Waals surface area contributed by atoms with E-state index in [9.17, 15) is 9.90 Å². The zero-order valence-electron chi connectivity index (χ0n) is 14.7. The molecule has 2 aromatic heterocycles. The molecule has 1 fully saturated rings. The van der Waals surface area contributed by atoms with Crippen molar-refractivity contribution < 1.29 is 9.90 Å². The highest BCUT2D eigenvalue weighted by Crippen LogP contribution is 2.29. The fraction of sp³-hybridized carbons (Fsp3) is 0.588. The first kappa shape index (κ1) is 17.9. The van der Waals surface area contributed by atoms with Crippen molar-refractivity contribution >= 4 is 17.4 Å². The molecule has 0 aliphatic carbocycles. The van der Waals surface area contributed by atoms with E-state index in [1.165, 1.54) is 4.88 Å². The van der Waals surface area contributed by atoms with Gasteiger partial charge in [-0.05, 0) is 25.7 Å². The quantitative estimate of drug-likeness (QED) is 0.850. The molecule has 3 rings (SSSR count). The monoisotopic (exact) mass is 363 g/mol.